The minimum absolute atomic E-state index is 0.0169. The number of sulfonamides is 1. The Hall–Kier alpha value is -2.85. The molecule has 11 heteroatoms. The molecule has 0 fully saturated rings. The maximum Gasteiger partial charge on any atom is 0.339 e. The summed E-state index contributed by atoms with van der Waals surface area (Å²) in [7, 11) is -3.98. The molecule has 7 nitrogen and oxygen atoms in total. The number of hydrogen-bond acceptors (Lipinski definition) is 6. The lowest BCUT2D eigenvalue weighted by atomic mass is 10.2. The van der Waals surface area contributed by atoms with E-state index in [0.29, 0.717) is 15.2 Å². The van der Waals surface area contributed by atoms with Crippen LogP contribution < -0.4 is 9.60 Å². The van der Waals surface area contributed by atoms with Crippen molar-refractivity contribution in [1.82, 2.24) is 4.57 Å². The van der Waals surface area contributed by atoms with Crippen LogP contribution in [0.2, 0.25) is 10.0 Å². The van der Waals surface area contributed by atoms with Gasteiger partial charge in [-0.1, -0.05) is 52.7 Å². The van der Waals surface area contributed by atoms with E-state index in [1.54, 1.807) is 23.6 Å². The molecule has 0 amide bonds. The summed E-state index contributed by atoms with van der Waals surface area (Å²) in [6.45, 7) is 2.14. The van der Waals surface area contributed by atoms with E-state index in [1.807, 2.05) is 18.2 Å². The van der Waals surface area contributed by atoms with Gasteiger partial charge in [0, 0.05) is 5.02 Å². The first-order valence-corrected chi connectivity index (χ1v) is 13.1. The van der Waals surface area contributed by atoms with Crippen molar-refractivity contribution in [3.8, 4) is 0 Å². The highest BCUT2D eigenvalue weighted by Crippen LogP contribution is 2.27. The van der Waals surface area contributed by atoms with Gasteiger partial charge in [-0.05, 0) is 55.0 Å². The monoisotopic (exact) mass is 536 g/mol. The van der Waals surface area contributed by atoms with Crippen LogP contribution in [-0.4, -0.2) is 25.6 Å². The molecule has 34 heavy (non-hydrogen) atoms. The van der Waals surface area contributed by atoms with E-state index < -0.39 is 16.0 Å². The number of halogens is 2. The van der Waals surface area contributed by atoms with Crippen LogP contribution in [0.4, 0.5) is 5.69 Å². The lowest BCUT2D eigenvalue weighted by Crippen LogP contribution is -2.14. The Kier molecular flexibility index (Phi) is 6.99. The fourth-order valence-corrected chi connectivity index (χ4v) is 5.86. The number of thiazole rings is 1. The van der Waals surface area contributed by atoms with E-state index in [0.717, 1.165) is 16.9 Å². The zero-order chi connectivity index (χ0) is 24.5. The van der Waals surface area contributed by atoms with E-state index in [1.165, 1.54) is 30.3 Å². The van der Waals surface area contributed by atoms with Gasteiger partial charge in [0.05, 0.1) is 44.5 Å². The summed E-state index contributed by atoms with van der Waals surface area (Å²) in [5.41, 5.74) is 1.71. The number of nitrogens with zero attached hydrogens (tertiary/aromatic N) is 1. The van der Waals surface area contributed by atoms with Crippen molar-refractivity contribution in [2.24, 2.45) is 0 Å². The van der Waals surface area contributed by atoms with Crippen LogP contribution in [0.5, 0.6) is 0 Å². The van der Waals surface area contributed by atoms with Crippen LogP contribution in [-0.2, 0) is 21.3 Å². The Labute approximate surface area is 209 Å². The largest absolute Gasteiger partial charge is 0.462 e. The number of anilines is 1. The maximum atomic E-state index is 13.0. The van der Waals surface area contributed by atoms with Crippen LogP contribution >= 0.6 is 34.5 Å². The van der Waals surface area contributed by atoms with E-state index >= 15 is 0 Å². The van der Waals surface area contributed by atoms with Crippen molar-refractivity contribution in [2.45, 2.75) is 18.4 Å². The Morgan fingerprint density at radius 2 is 1.82 bits per heavy atom. The smallest absolute Gasteiger partial charge is 0.339 e. The Morgan fingerprint density at radius 3 is 2.53 bits per heavy atom. The maximum absolute atomic E-state index is 13.0. The van der Waals surface area contributed by atoms with Gasteiger partial charge in [0.15, 0.2) is 0 Å². The Balaban J connectivity index is 1.62. The minimum atomic E-state index is -3.98. The predicted molar refractivity (Wildman–Crippen MR) is 135 cm³/mol. The van der Waals surface area contributed by atoms with Gasteiger partial charge in [-0.2, -0.15) is 0 Å². The second kappa shape index (κ2) is 9.79. The molecule has 3 aromatic carbocycles. The van der Waals surface area contributed by atoms with Gasteiger partial charge in [-0.15, -0.1) is 0 Å². The van der Waals surface area contributed by atoms with E-state index in [9.17, 15) is 18.0 Å². The topological polar surface area (TPSA) is 94.5 Å². The van der Waals surface area contributed by atoms with Crippen molar-refractivity contribution < 1.29 is 17.9 Å². The molecule has 0 bridgehead atoms. The molecule has 0 unspecified atom stereocenters. The number of carbonyl (C=O) groups is 1. The van der Waals surface area contributed by atoms with Gasteiger partial charge in [0.25, 0.3) is 10.0 Å². The average molecular weight is 537 g/mol. The lowest BCUT2D eigenvalue weighted by molar-refractivity contribution is 0.0526. The quantitative estimate of drug-likeness (QED) is 0.319. The van der Waals surface area contributed by atoms with Gasteiger partial charge < -0.3 is 4.74 Å². The number of hydrogen-bond donors (Lipinski definition) is 1. The number of esters is 1. The van der Waals surface area contributed by atoms with Crippen molar-refractivity contribution in [1.29, 1.82) is 0 Å². The molecule has 4 rings (SSSR count). The highest BCUT2D eigenvalue weighted by Gasteiger charge is 2.19. The molecule has 0 radical (unpaired) electrons. The number of aromatic nitrogens is 1. The molecule has 4 aromatic rings. The molecule has 0 aliphatic rings. The minimum Gasteiger partial charge on any atom is -0.462 e. The number of nitrogens with one attached hydrogen (secondary N) is 1. The van der Waals surface area contributed by atoms with E-state index in [4.69, 9.17) is 27.9 Å². The van der Waals surface area contributed by atoms with Crippen molar-refractivity contribution in [2.75, 3.05) is 11.3 Å². The van der Waals surface area contributed by atoms with Gasteiger partial charge >= 0.3 is 10.8 Å². The van der Waals surface area contributed by atoms with Crippen molar-refractivity contribution in [3.63, 3.8) is 0 Å². The molecule has 0 atom stereocenters. The van der Waals surface area contributed by atoms with Gasteiger partial charge in [0.2, 0.25) is 0 Å². The second-order valence-electron chi connectivity index (χ2n) is 7.20. The standard InChI is InChI=1S/C23H18Cl2N2O5S2/c1-2-32-22(28)17-9-7-15(11-19(17)25)26-34(30,31)16-8-10-20-21(12-16)33-23(29)27(20)13-14-5-3-4-6-18(14)24/h3-12,26H,2,13H2,1H3. The molecule has 0 aliphatic carbocycles. The first-order chi connectivity index (χ1) is 16.2. The third kappa shape index (κ3) is 4.97. The molecule has 0 aliphatic heterocycles. The van der Waals surface area contributed by atoms with Gasteiger partial charge in [0.1, 0.15) is 0 Å². The zero-order valence-corrected chi connectivity index (χ0v) is 20.9. The molecule has 0 spiro atoms. The third-order valence-corrected chi connectivity index (χ3v) is 7.96. The summed E-state index contributed by atoms with van der Waals surface area (Å²) < 4.78 is 35.4. The number of ether oxygens (including phenoxy) is 1. The molecule has 0 saturated heterocycles. The van der Waals surface area contributed by atoms with Crippen LogP contribution in [0.15, 0.2) is 70.4 Å². The van der Waals surface area contributed by atoms with Crippen LogP contribution in [0.1, 0.15) is 22.8 Å². The summed E-state index contributed by atoms with van der Waals surface area (Å²) >= 11 is 13.3. The van der Waals surface area contributed by atoms with Gasteiger partial charge in [-0.25, -0.2) is 13.2 Å². The van der Waals surface area contributed by atoms with Crippen LogP contribution in [0.25, 0.3) is 10.2 Å². The fraction of sp³-hybridized carbons (Fsp3) is 0.130. The first kappa shape index (κ1) is 24.3. The number of carbonyl (C=O) groups excluding carboxylic acids is 1. The highest BCUT2D eigenvalue weighted by molar-refractivity contribution is 7.92. The molecule has 1 heterocycles. The first-order valence-electron chi connectivity index (χ1n) is 10.1. The summed E-state index contributed by atoms with van der Waals surface area (Å²) in [6.07, 6.45) is 0. The summed E-state index contributed by atoms with van der Waals surface area (Å²) in [5, 5.41) is 0.605. The Bertz CT molecular complexity index is 1560. The van der Waals surface area contributed by atoms with Crippen molar-refractivity contribution >= 4 is 66.4 Å². The molecular weight excluding hydrogens is 519 g/mol. The summed E-state index contributed by atoms with van der Waals surface area (Å²) in [5.74, 6) is -0.594. The predicted octanol–water partition coefficient (Wildman–Crippen LogP) is 5.40. The normalized spacial score (nSPS) is 11.5. The molecule has 1 aromatic heterocycles. The van der Waals surface area contributed by atoms with Gasteiger partial charge in [-0.3, -0.25) is 14.1 Å². The van der Waals surface area contributed by atoms with Crippen LogP contribution in [0.3, 0.4) is 0 Å². The molecular formula is C23H18Cl2N2O5S2. The molecule has 176 valence electrons. The second-order valence-corrected chi connectivity index (χ2v) is 10.7. The van der Waals surface area contributed by atoms with E-state index in [2.05, 4.69) is 4.72 Å². The third-order valence-electron chi connectivity index (χ3n) is 4.95. The van der Waals surface area contributed by atoms with E-state index in [-0.39, 0.29) is 39.2 Å². The Morgan fingerprint density at radius 1 is 1.06 bits per heavy atom. The lowest BCUT2D eigenvalue weighted by Gasteiger charge is -2.11. The average Bonchev–Trinajstić information content (AvgIpc) is 3.09. The summed E-state index contributed by atoms with van der Waals surface area (Å²) in [6, 6.07) is 15.8. The number of fused-ring (bicyclic) bond motifs is 1. The molecule has 0 saturated carbocycles. The number of rotatable bonds is 7. The highest BCUT2D eigenvalue weighted by atomic mass is 35.5. The fourth-order valence-electron chi connectivity index (χ4n) is 3.33. The van der Waals surface area contributed by atoms with Crippen LogP contribution in [0, 0.1) is 0 Å². The SMILES string of the molecule is CCOC(=O)c1ccc(NS(=O)(=O)c2ccc3c(c2)sc(=O)n3Cc2ccccc2Cl)cc1Cl. The molecule has 1 N–H and O–H groups in total. The van der Waals surface area contributed by atoms with Crippen molar-refractivity contribution in [3.05, 3.63) is 91.5 Å². The zero-order valence-electron chi connectivity index (χ0n) is 17.7. The number of benzene rings is 3. The summed E-state index contributed by atoms with van der Waals surface area (Å²) in [4.78, 5) is 24.3.